The SMILES string of the molecule is Cc1[nH]nc(Nc2ncnc3cc(OCCOc4cnc(N5CCN(CC6CN(C(=O)OC(C)(C)C)C(C)CN6CC(=O)N6CC(C)(C)c7ncc(Cc8ccc(F)cc8)cc76)[C@H](C)C5)nc4)c(S(=O)(=O)C(C)(C)C)cc23)c1C. The van der Waals surface area contributed by atoms with Crippen LogP contribution in [0.4, 0.5) is 32.5 Å². The van der Waals surface area contributed by atoms with Crippen molar-refractivity contribution in [3.8, 4) is 11.5 Å². The minimum atomic E-state index is -3.90. The van der Waals surface area contributed by atoms with Gasteiger partial charge in [0, 0.05) is 98.3 Å². The molecule has 2 aromatic carbocycles. The van der Waals surface area contributed by atoms with Gasteiger partial charge < -0.3 is 34.2 Å². The molecule has 22 heteroatoms. The van der Waals surface area contributed by atoms with Gasteiger partial charge in [-0.3, -0.25) is 24.7 Å². The highest BCUT2D eigenvalue weighted by atomic mass is 32.2. The number of nitrogens with zero attached hydrogens (tertiary/aromatic N) is 11. The van der Waals surface area contributed by atoms with Crippen molar-refractivity contribution in [3.63, 3.8) is 0 Å². The summed E-state index contributed by atoms with van der Waals surface area (Å²) in [4.78, 5) is 61.8. The number of hydrogen-bond acceptors (Lipinski definition) is 17. The number of aromatic nitrogens is 7. The molecule has 6 aromatic rings. The summed E-state index contributed by atoms with van der Waals surface area (Å²) in [5.74, 6) is 1.77. The van der Waals surface area contributed by atoms with E-state index in [1.165, 1.54) is 18.5 Å². The predicted octanol–water partition coefficient (Wildman–Crippen LogP) is 7.80. The first-order chi connectivity index (χ1) is 37.2. The van der Waals surface area contributed by atoms with Gasteiger partial charge in [0.05, 0.1) is 40.6 Å². The smallest absolute Gasteiger partial charge is 0.410 e. The number of fused-ring (bicyclic) bond motifs is 2. The third-order valence-electron chi connectivity index (χ3n) is 15.0. The van der Waals surface area contributed by atoms with Crippen molar-refractivity contribution >= 4 is 56.0 Å². The normalized spacial score (nSPS) is 19.2. The number of carbonyl (C=O) groups excluding carboxylic acids is 2. The molecule has 0 bridgehead atoms. The number of ether oxygens (including phenoxy) is 3. The van der Waals surface area contributed by atoms with E-state index in [0.717, 1.165) is 33.8 Å². The second-order valence-electron chi connectivity index (χ2n) is 23.8. The van der Waals surface area contributed by atoms with Crippen LogP contribution in [-0.2, 0) is 31.2 Å². The van der Waals surface area contributed by atoms with Crippen LogP contribution in [0.15, 0.2) is 72.3 Å². The summed E-state index contributed by atoms with van der Waals surface area (Å²) >= 11 is 0. The monoisotopic (exact) mass is 1100 g/mol. The summed E-state index contributed by atoms with van der Waals surface area (Å²) in [5.41, 5.74) is 4.80. The number of hydrogen-bond donors (Lipinski definition) is 2. The Morgan fingerprint density at radius 1 is 0.835 bits per heavy atom. The second-order valence-corrected chi connectivity index (χ2v) is 26.4. The largest absolute Gasteiger partial charge is 0.489 e. The van der Waals surface area contributed by atoms with Crippen LogP contribution >= 0.6 is 0 Å². The van der Waals surface area contributed by atoms with Crippen LogP contribution in [-0.4, -0.2) is 164 Å². The van der Waals surface area contributed by atoms with E-state index in [1.807, 2.05) is 58.7 Å². The number of amides is 2. The Balaban J connectivity index is 0.838. The second kappa shape index (κ2) is 22.2. The molecule has 4 aromatic heterocycles. The molecule has 2 unspecified atom stereocenters. The summed E-state index contributed by atoms with van der Waals surface area (Å²) < 4.78 is 58.6. The molecule has 0 saturated carbocycles. The maximum atomic E-state index is 14.6. The van der Waals surface area contributed by atoms with Crippen LogP contribution in [0.5, 0.6) is 11.5 Å². The van der Waals surface area contributed by atoms with E-state index in [4.69, 9.17) is 19.2 Å². The zero-order chi connectivity index (χ0) is 56.8. The van der Waals surface area contributed by atoms with Crippen molar-refractivity contribution in [1.29, 1.82) is 0 Å². The molecule has 422 valence electrons. The Morgan fingerprint density at radius 3 is 2.23 bits per heavy atom. The fraction of sp³-hybridized carbons (Fsp3) is 0.509. The summed E-state index contributed by atoms with van der Waals surface area (Å²) in [5, 5.41) is 11.0. The molecule has 0 aliphatic carbocycles. The van der Waals surface area contributed by atoms with Gasteiger partial charge in [0.1, 0.15) is 47.4 Å². The molecule has 3 aliphatic rings. The van der Waals surface area contributed by atoms with Crippen molar-refractivity contribution < 1.29 is 36.6 Å². The van der Waals surface area contributed by atoms with Gasteiger partial charge in [-0.2, -0.15) is 5.10 Å². The fourth-order valence-electron chi connectivity index (χ4n) is 10.4. The summed E-state index contributed by atoms with van der Waals surface area (Å²) in [6.45, 7) is 26.9. The summed E-state index contributed by atoms with van der Waals surface area (Å²) in [6, 6.07) is 11.3. The van der Waals surface area contributed by atoms with Crippen molar-refractivity contribution in [1.82, 2.24) is 49.8 Å². The van der Waals surface area contributed by atoms with E-state index in [9.17, 15) is 22.4 Å². The lowest BCUT2D eigenvalue weighted by Gasteiger charge is -2.48. The number of H-pyrrole nitrogens is 1. The molecule has 0 radical (unpaired) electrons. The van der Waals surface area contributed by atoms with Gasteiger partial charge in [-0.15, -0.1) is 0 Å². The van der Waals surface area contributed by atoms with E-state index in [-0.39, 0.29) is 71.8 Å². The molecule has 2 amide bonds. The lowest BCUT2D eigenvalue weighted by atomic mass is 9.91. The number of carbonyl (C=O) groups is 2. The Bertz CT molecular complexity index is 3310. The van der Waals surface area contributed by atoms with Crippen LogP contribution in [0.1, 0.15) is 97.3 Å². The summed E-state index contributed by atoms with van der Waals surface area (Å²) in [7, 11) is -3.90. The highest BCUT2D eigenvalue weighted by Gasteiger charge is 2.43. The van der Waals surface area contributed by atoms with Gasteiger partial charge in [-0.05, 0) is 111 Å². The molecule has 2 N–H and O–H groups in total. The summed E-state index contributed by atoms with van der Waals surface area (Å²) in [6.07, 6.45) is 6.67. The van der Waals surface area contributed by atoms with Gasteiger partial charge in [-0.1, -0.05) is 26.0 Å². The number of benzene rings is 2. The zero-order valence-corrected chi connectivity index (χ0v) is 48.2. The molecule has 7 heterocycles. The highest BCUT2D eigenvalue weighted by molar-refractivity contribution is 7.92. The Morgan fingerprint density at radius 2 is 1.56 bits per heavy atom. The highest BCUT2D eigenvalue weighted by Crippen LogP contribution is 2.41. The lowest BCUT2D eigenvalue weighted by Crippen LogP contribution is -2.65. The van der Waals surface area contributed by atoms with Crippen molar-refractivity contribution in [2.45, 2.75) is 128 Å². The van der Waals surface area contributed by atoms with Crippen molar-refractivity contribution in [2.75, 3.05) is 80.7 Å². The maximum Gasteiger partial charge on any atom is 0.410 e. The number of anilines is 4. The first-order valence-electron chi connectivity index (χ1n) is 26.9. The van der Waals surface area contributed by atoms with Crippen molar-refractivity contribution in [2.24, 2.45) is 0 Å². The van der Waals surface area contributed by atoms with Gasteiger partial charge >= 0.3 is 6.09 Å². The van der Waals surface area contributed by atoms with Crippen LogP contribution in [0.25, 0.3) is 10.9 Å². The van der Waals surface area contributed by atoms with Gasteiger partial charge in [0.25, 0.3) is 0 Å². The van der Waals surface area contributed by atoms with Crippen molar-refractivity contribution in [3.05, 3.63) is 101 Å². The van der Waals surface area contributed by atoms with Crippen LogP contribution in [0.2, 0.25) is 0 Å². The molecule has 3 aliphatic heterocycles. The molecule has 2 fully saturated rings. The van der Waals surface area contributed by atoms with E-state index >= 15 is 0 Å². The van der Waals surface area contributed by atoms with E-state index in [2.05, 4.69) is 70.9 Å². The molecule has 3 atom stereocenters. The van der Waals surface area contributed by atoms with Gasteiger partial charge in [-0.25, -0.2) is 37.5 Å². The quantitative estimate of drug-likeness (QED) is 0.0938. The molecular formula is C57H74FN13O7S. The third-order valence-corrected chi connectivity index (χ3v) is 17.5. The van der Waals surface area contributed by atoms with Gasteiger partial charge in [0.2, 0.25) is 11.9 Å². The number of aromatic amines is 1. The average Bonchev–Trinajstić information content (AvgIpc) is 3.88. The third kappa shape index (κ3) is 12.6. The predicted molar refractivity (Wildman–Crippen MR) is 301 cm³/mol. The number of aryl methyl sites for hydroxylation is 1. The Labute approximate surface area is 462 Å². The first kappa shape index (κ1) is 56.7. The van der Waals surface area contributed by atoms with Crippen LogP contribution in [0.3, 0.4) is 0 Å². The van der Waals surface area contributed by atoms with Crippen LogP contribution < -0.4 is 24.6 Å². The zero-order valence-electron chi connectivity index (χ0n) is 47.4. The molecule has 0 spiro atoms. The van der Waals surface area contributed by atoms with E-state index < -0.39 is 20.2 Å². The molecular weight excluding hydrogens is 1030 g/mol. The number of halogens is 1. The first-order valence-corrected chi connectivity index (χ1v) is 28.4. The number of nitrogens with one attached hydrogen (secondary N) is 2. The van der Waals surface area contributed by atoms with Gasteiger partial charge in [0.15, 0.2) is 21.4 Å². The topological polar surface area (TPSA) is 217 Å². The Kier molecular flexibility index (Phi) is 16.0. The van der Waals surface area contributed by atoms with Crippen LogP contribution in [0, 0.1) is 19.7 Å². The maximum absolute atomic E-state index is 14.6. The number of piperazine rings is 2. The molecule has 2 saturated heterocycles. The van der Waals surface area contributed by atoms with E-state index in [1.54, 1.807) is 62.3 Å². The number of pyridine rings is 1. The van der Waals surface area contributed by atoms with E-state index in [0.29, 0.717) is 86.5 Å². The minimum Gasteiger partial charge on any atom is -0.489 e. The molecule has 20 nitrogen and oxygen atoms in total. The fourth-order valence-corrected chi connectivity index (χ4v) is 11.7. The number of sulfone groups is 1. The molecule has 79 heavy (non-hydrogen) atoms. The molecule has 9 rings (SSSR count). The lowest BCUT2D eigenvalue weighted by molar-refractivity contribution is -0.121. The standard InChI is InChI=1S/C57H74FN13O7S/c1-35-28-68(53-60-26-43(27-61-53)76-19-20-77-47-24-45-44(23-48(47)79(74,75)56(8,9)10)52(63-34-62-45)64-51-37(3)38(4)65-66-51)18-17-67(35)30-42-31-70(54(73)78-55(5,6)7)36(2)29-69(42)32-49(72)71-33-57(11,12)50-46(71)22-40(25-59-50)21-39-13-15-41(58)16-14-39/h13-16,22-27,34-36,42H,17-21,28-33H2,1-12H3,(H2,62,63,64,65,66)/t35-,36?,42?/m1/s1. The average molecular weight is 1100 g/mol. The Hall–Kier alpha value is -7.04. The number of rotatable bonds is 15. The minimum absolute atomic E-state index is 0.00723.